The van der Waals surface area contributed by atoms with E-state index >= 15 is 0 Å². The van der Waals surface area contributed by atoms with Crippen LogP contribution in [0.15, 0.2) is 12.3 Å². The fraction of sp³-hybridized carbons (Fsp3) is 0.688. The standard InChI is InChI=1S/C16H27N3OS/c1-12-7-15(8-17-5-6-20-4)9-18-16(12)19-10-13(2)21-14(3)11-19/h7,9,13-14,17H,5-6,8,10-11H2,1-4H3. The van der Waals surface area contributed by atoms with Crippen molar-refractivity contribution >= 4 is 17.6 Å². The van der Waals surface area contributed by atoms with E-state index in [1.165, 1.54) is 11.1 Å². The number of nitrogens with zero attached hydrogens (tertiary/aromatic N) is 2. The molecular weight excluding hydrogens is 282 g/mol. The predicted molar refractivity (Wildman–Crippen MR) is 91.3 cm³/mol. The van der Waals surface area contributed by atoms with E-state index in [4.69, 9.17) is 9.72 Å². The average Bonchev–Trinajstić information content (AvgIpc) is 2.42. The third-order valence-electron chi connectivity index (χ3n) is 3.64. The molecule has 0 radical (unpaired) electrons. The van der Waals surface area contributed by atoms with Crippen LogP contribution in [-0.4, -0.2) is 48.8 Å². The summed E-state index contributed by atoms with van der Waals surface area (Å²) in [4.78, 5) is 7.15. The molecule has 0 saturated carbocycles. The van der Waals surface area contributed by atoms with Crippen LogP contribution in [0.1, 0.15) is 25.0 Å². The Kier molecular flexibility index (Phi) is 6.33. The number of ether oxygens (including phenoxy) is 1. The maximum Gasteiger partial charge on any atom is 0.131 e. The third kappa shape index (κ3) is 4.87. The first-order valence-electron chi connectivity index (χ1n) is 7.65. The smallest absolute Gasteiger partial charge is 0.131 e. The first-order valence-corrected chi connectivity index (χ1v) is 8.60. The molecule has 4 nitrogen and oxygen atoms in total. The van der Waals surface area contributed by atoms with E-state index in [0.29, 0.717) is 10.5 Å². The van der Waals surface area contributed by atoms with E-state index in [1.54, 1.807) is 7.11 Å². The molecule has 1 aliphatic heterocycles. The molecule has 2 heterocycles. The lowest BCUT2D eigenvalue weighted by Crippen LogP contribution is -2.41. The Hall–Kier alpha value is -0.780. The van der Waals surface area contributed by atoms with Gasteiger partial charge in [-0.1, -0.05) is 13.8 Å². The number of hydrogen-bond acceptors (Lipinski definition) is 5. The first kappa shape index (κ1) is 16.6. The maximum absolute atomic E-state index is 5.04. The predicted octanol–water partition coefficient (Wildman–Crippen LogP) is 2.46. The summed E-state index contributed by atoms with van der Waals surface area (Å²) >= 11 is 2.07. The van der Waals surface area contributed by atoms with Crippen LogP contribution in [0.5, 0.6) is 0 Å². The summed E-state index contributed by atoms with van der Waals surface area (Å²) in [7, 11) is 1.72. The molecule has 5 heteroatoms. The third-order valence-corrected chi connectivity index (χ3v) is 4.87. The molecule has 1 aromatic rings. The molecule has 0 amide bonds. The maximum atomic E-state index is 5.04. The highest BCUT2D eigenvalue weighted by Gasteiger charge is 2.24. The van der Waals surface area contributed by atoms with Crippen LogP contribution in [-0.2, 0) is 11.3 Å². The van der Waals surface area contributed by atoms with E-state index in [-0.39, 0.29) is 0 Å². The van der Waals surface area contributed by atoms with Crippen molar-refractivity contribution < 1.29 is 4.74 Å². The van der Waals surface area contributed by atoms with Crippen molar-refractivity contribution in [2.75, 3.05) is 38.3 Å². The Morgan fingerprint density at radius 1 is 1.38 bits per heavy atom. The van der Waals surface area contributed by atoms with Gasteiger partial charge in [0.1, 0.15) is 5.82 Å². The minimum Gasteiger partial charge on any atom is -0.383 e. The molecule has 0 bridgehead atoms. The summed E-state index contributed by atoms with van der Waals surface area (Å²) < 4.78 is 5.04. The first-order chi connectivity index (χ1) is 10.1. The lowest BCUT2D eigenvalue weighted by atomic mass is 10.2. The summed E-state index contributed by atoms with van der Waals surface area (Å²) in [5.41, 5.74) is 2.51. The molecule has 2 unspecified atom stereocenters. The normalized spacial score (nSPS) is 22.6. The van der Waals surface area contributed by atoms with Gasteiger partial charge in [0, 0.05) is 50.0 Å². The Balaban J connectivity index is 1.98. The highest BCUT2D eigenvalue weighted by Crippen LogP contribution is 2.29. The molecule has 2 rings (SSSR count). The van der Waals surface area contributed by atoms with Crippen LogP contribution in [0.25, 0.3) is 0 Å². The molecule has 21 heavy (non-hydrogen) atoms. The van der Waals surface area contributed by atoms with E-state index in [1.807, 2.05) is 6.20 Å². The number of hydrogen-bond donors (Lipinski definition) is 1. The highest BCUT2D eigenvalue weighted by atomic mass is 32.2. The number of anilines is 1. The molecule has 1 N–H and O–H groups in total. The van der Waals surface area contributed by atoms with Crippen LogP contribution in [0.4, 0.5) is 5.82 Å². The van der Waals surface area contributed by atoms with Gasteiger partial charge in [-0.05, 0) is 24.1 Å². The van der Waals surface area contributed by atoms with Gasteiger partial charge in [-0.2, -0.15) is 11.8 Å². The minimum absolute atomic E-state index is 0.672. The number of aryl methyl sites for hydroxylation is 1. The summed E-state index contributed by atoms with van der Waals surface area (Å²) in [6.45, 7) is 11.4. The minimum atomic E-state index is 0.672. The zero-order chi connectivity index (χ0) is 15.2. The molecule has 1 aromatic heterocycles. The van der Waals surface area contributed by atoms with Gasteiger partial charge in [0.05, 0.1) is 6.61 Å². The van der Waals surface area contributed by atoms with Crippen LogP contribution in [0, 0.1) is 6.92 Å². The van der Waals surface area contributed by atoms with Crippen LogP contribution in [0.3, 0.4) is 0 Å². The van der Waals surface area contributed by atoms with Gasteiger partial charge in [-0.3, -0.25) is 0 Å². The second-order valence-electron chi connectivity index (χ2n) is 5.82. The van der Waals surface area contributed by atoms with Crippen LogP contribution < -0.4 is 10.2 Å². The lowest BCUT2D eigenvalue weighted by molar-refractivity contribution is 0.199. The van der Waals surface area contributed by atoms with Crippen molar-refractivity contribution in [3.63, 3.8) is 0 Å². The summed E-state index contributed by atoms with van der Waals surface area (Å²) in [5, 5.41) is 4.70. The number of nitrogens with one attached hydrogen (secondary N) is 1. The Morgan fingerprint density at radius 2 is 2.10 bits per heavy atom. The van der Waals surface area contributed by atoms with Gasteiger partial charge >= 0.3 is 0 Å². The number of aromatic nitrogens is 1. The molecule has 1 aliphatic rings. The number of rotatable bonds is 6. The fourth-order valence-electron chi connectivity index (χ4n) is 2.81. The Morgan fingerprint density at radius 3 is 2.71 bits per heavy atom. The SMILES string of the molecule is COCCNCc1cnc(N2CC(C)SC(C)C2)c(C)c1. The number of methoxy groups -OCH3 is 1. The van der Waals surface area contributed by atoms with Crippen molar-refractivity contribution in [2.24, 2.45) is 0 Å². The van der Waals surface area contributed by atoms with Crippen molar-refractivity contribution in [3.05, 3.63) is 23.4 Å². The molecule has 0 aliphatic carbocycles. The Labute approximate surface area is 132 Å². The zero-order valence-electron chi connectivity index (χ0n) is 13.6. The summed E-state index contributed by atoms with van der Waals surface area (Å²) in [5.74, 6) is 1.15. The molecule has 1 fully saturated rings. The highest BCUT2D eigenvalue weighted by molar-refractivity contribution is 8.00. The van der Waals surface area contributed by atoms with Crippen molar-refractivity contribution in [1.82, 2.24) is 10.3 Å². The van der Waals surface area contributed by atoms with Crippen LogP contribution in [0.2, 0.25) is 0 Å². The average molecular weight is 309 g/mol. The lowest BCUT2D eigenvalue weighted by Gasteiger charge is -2.36. The van der Waals surface area contributed by atoms with E-state index in [0.717, 1.165) is 38.6 Å². The van der Waals surface area contributed by atoms with Gasteiger partial charge in [-0.15, -0.1) is 0 Å². The van der Waals surface area contributed by atoms with Gasteiger partial charge in [0.15, 0.2) is 0 Å². The number of pyridine rings is 1. The molecule has 2 atom stereocenters. The monoisotopic (exact) mass is 309 g/mol. The zero-order valence-corrected chi connectivity index (χ0v) is 14.4. The largest absolute Gasteiger partial charge is 0.383 e. The molecule has 0 spiro atoms. The Bertz CT molecular complexity index is 445. The van der Waals surface area contributed by atoms with Gasteiger partial charge < -0.3 is 15.0 Å². The molecule has 1 saturated heterocycles. The van der Waals surface area contributed by atoms with E-state index < -0.39 is 0 Å². The molecule has 118 valence electrons. The van der Waals surface area contributed by atoms with Gasteiger partial charge in [-0.25, -0.2) is 4.98 Å². The van der Waals surface area contributed by atoms with Crippen molar-refractivity contribution in [1.29, 1.82) is 0 Å². The molecular formula is C16H27N3OS. The van der Waals surface area contributed by atoms with E-state index in [2.05, 4.69) is 48.8 Å². The fourth-order valence-corrected chi connectivity index (χ4v) is 4.14. The topological polar surface area (TPSA) is 37.4 Å². The van der Waals surface area contributed by atoms with Crippen molar-refractivity contribution in [2.45, 2.75) is 37.8 Å². The number of thioether (sulfide) groups is 1. The summed E-state index contributed by atoms with van der Waals surface area (Å²) in [6.07, 6.45) is 2.00. The van der Waals surface area contributed by atoms with Crippen LogP contribution >= 0.6 is 11.8 Å². The molecule has 0 aromatic carbocycles. The van der Waals surface area contributed by atoms with Gasteiger partial charge in [0.25, 0.3) is 0 Å². The van der Waals surface area contributed by atoms with Crippen molar-refractivity contribution in [3.8, 4) is 0 Å². The van der Waals surface area contributed by atoms with E-state index in [9.17, 15) is 0 Å². The second kappa shape index (κ2) is 8.01. The van der Waals surface area contributed by atoms with Gasteiger partial charge in [0.2, 0.25) is 0 Å². The summed E-state index contributed by atoms with van der Waals surface area (Å²) in [6, 6.07) is 2.25. The quantitative estimate of drug-likeness (QED) is 0.817. The second-order valence-corrected chi connectivity index (χ2v) is 7.70.